The highest BCUT2D eigenvalue weighted by atomic mass is 16.7. The van der Waals surface area contributed by atoms with Crippen LogP contribution in [0.25, 0.3) is 0 Å². The van der Waals surface area contributed by atoms with E-state index in [2.05, 4.69) is 5.32 Å². The molecule has 31 heavy (non-hydrogen) atoms. The molecule has 5 atom stereocenters. The maximum Gasteiger partial charge on any atom is 0.333 e. The van der Waals surface area contributed by atoms with Crippen LogP contribution < -0.4 is 5.32 Å². The topological polar surface area (TPSA) is 192 Å². The first kappa shape index (κ1) is 25.1. The summed E-state index contributed by atoms with van der Waals surface area (Å²) in [6.07, 6.45) is -6.08. The summed E-state index contributed by atoms with van der Waals surface area (Å²) in [6, 6.07) is 0. The van der Waals surface area contributed by atoms with Crippen LogP contribution in [0.4, 0.5) is 0 Å². The standard InChI is InChI=1S/C18H28N2O11/c21-9-10-15(26)16(27)17(28)18(30-10)29-8-7-19-11(22)3-1-2-4-14(25)31-20-12(23)5-6-13(20)24/h10,15-18,21,26-28H,1-9H2,(H,19,22)/t10-,15-,16+,17+,18+/m1/s1. The third kappa shape index (κ3) is 7.19. The molecule has 2 rings (SSSR count). The van der Waals surface area contributed by atoms with E-state index in [1.807, 2.05) is 0 Å². The molecule has 0 bridgehead atoms. The first-order valence-corrected chi connectivity index (χ1v) is 10.00. The molecule has 0 aliphatic carbocycles. The summed E-state index contributed by atoms with van der Waals surface area (Å²) in [6.45, 7) is -0.548. The Morgan fingerprint density at radius 1 is 1.03 bits per heavy atom. The maximum absolute atomic E-state index is 11.8. The van der Waals surface area contributed by atoms with Gasteiger partial charge in [-0.2, -0.15) is 0 Å². The molecule has 5 N–H and O–H groups in total. The summed E-state index contributed by atoms with van der Waals surface area (Å²) in [5, 5.41) is 41.3. The van der Waals surface area contributed by atoms with E-state index in [1.54, 1.807) is 0 Å². The Morgan fingerprint density at radius 3 is 2.32 bits per heavy atom. The van der Waals surface area contributed by atoms with Gasteiger partial charge in [-0.05, 0) is 12.8 Å². The minimum Gasteiger partial charge on any atom is -0.394 e. The Labute approximate surface area is 177 Å². The molecule has 2 fully saturated rings. The van der Waals surface area contributed by atoms with Crippen molar-refractivity contribution in [2.75, 3.05) is 19.8 Å². The van der Waals surface area contributed by atoms with Gasteiger partial charge in [0.2, 0.25) is 5.91 Å². The predicted octanol–water partition coefficient (Wildman–Crippen LogP) is -2.91. The molecule has 0 aromatic rings. The summed E-state index contributed by atoms with van der Waals surface area (Å²) >= 11 is 0. The number of aliphatic hydroxyl groups excluding tert-OH is 4. The van der Waals surface area contributed by atoms with E-state index < -0.39 is 55.1 Å². The van der Waals surface area contributed by atoms with Crippen LogP contribution in [0.2, 0.25) is 0 Å². The third-order valence-electron chi connectivity index (χ3n) is 4.79. The number of amides is 3. The Hall–Kier alpha value is -2.16. The lowest BCUT2D eigenvalue weighted by molar-refractivity contribution is -0.300. The van der Waals surface area contributed by atoms with Gasteiger partial charge in [-0.15, -0.1) is 5.06 Å². The number of ether oxygens (including phenoxy) is 2. The number of carbonyl (C=O) groups excluding carboxylic acids is 4. The van der Waals surface area contributed by atoms with Gasteiger partial charge in [0.05, 0.1) is 13.2 Å². The summed E-state index contributed by atoms with van der Waals surface area (Å²) in [5.74, 6) is -2.14. The number of hydrogen-bond acceptors (Lipinski definition) is 11. The Kier molecular flexibility index (Phi) is 9.74. The van der Waals surface area contributed by atoms with Crippen molar-refractivity contribution in [3.8, 4) is 0 Å². The van der Waals surface area contributed by atoms with Crippen LogP contribution >= 0.6 is 0 Å². The Bertz CT molecular complexity index is 640. The number of carbonyl (C=O) groups is 4. The van der Waals surface area contributed by atoms with Crippen LogP contribution in [0.15, 0.2) is 0 Å². The average molecular weight is 448 g/mol. The highest BCUT2D eigenvalue weighted by Crippen LogP contribution is 2.21. The minimum absolute atomic E-state index is 0.0202. The van der Waals surface area contributed by atoms with Gasteiger partial charge in [0.25, 0.3) is 11.8 Å². The molecular formula is C18H28N2O11. The quantitative estimate of drug-likeness (QED) is 0.161. The van der Waals surface area contributed by atoms with E-state index >= 15 is 0 Å². The number of nitrogens with one attached hydrogen (secondary N) is 1. The van der Waals surface area contributed by atoms with Crippen molar-refractivity contribution in [3.63, 3.8) is 0 Å². The highest BCUT2D eigenvalue weighted by Gasteiger charge is 2.43. The molecule has 13 nitrogen and oxygen atoms in total. The molecule has 0 saturated carbocycles. The molecule has 2 aliphatic heterocycles. The molecule has 0 aromatic heterocycles. The molecular weight excluding hydrogens is 420 g/mol. The van der Waals surface area contributed by atoms with Crippen LogP contribution in [0.1, 0.15) is 38.5 Å². The summed E-state index contributed by atoms with van der Waals surface area (Å²) in [5.41, 5.74) is 0. The fraction of sp³-hybridized carbons (Fsp3) is 0.778. The number of hydrogen-bond donors (Lipinski definition) is 5. The smallest absolute Gasteiger partial charge is 0.333 e. The van der Waals surface area contributed by atoms with Crippen molar-refractivity contribution < 1.29 is 53.9 Å². The number of unbranched alkanes of at least 4 members (excludes halogenated alkanes) is 1. The van der Waals surface area contributed by atoms with Crippen molar-refractivity contribution in [3.05, 3.63) is 0 Å². The first-order valence-electron chi connectivity index (χ1n) is 10.00. The van der Waals surface area contributed by atoms with E-state index in [-0.39, 0.29) is 44.7 Å². The number of nitrogens with zero attached hydrogens (tertiary/aromatic N) is 1. The third-order valence-corrected chi connectivity index (χ3v) is 4.79. The Morgan fingerprint density at radius 2 is 1.68 bits per heavy atom. The van der Waals surface area contributed by atoms with Crippen molar-refractivity contribution in [2.24, 2.45) is 0 Å². The van der Waals surface area contributed by atoms with E-state index in [1.165, 1.54) is 0 Å². The molecule has 2 aliphatic rings. The number of hydroxylamine groups is 2. The lowest BCUT2D eigenvalue weighted by atomic mass is 9.99. The SMILES string of the molecule is O=C(CCCCC(=O)ON1C(=O)CCC1=O)NCCO[C@H]1O[C@H](CO)[C@@H](O)[C@H](O)[C@@H]1O. The Balaban J connectivity index is 1.55. The molecule has 0 radical (unpaired) electrons. The van der Waals surface area contributed by atoms with E-state index in [0.29, 0.717) is 17.9 Å². The number of rotatable bonds is 11. The maximum atomic E-state index is 11.8. The summed E-state index contributed by atoms with van der Waals surface area (Å²) < 4.78 is 10.4. The van der Waals surface area contributed by atoms with Crippen molar-refractivity contribution in [2.45, 2.75) is 69.2 Å². The molecule has 0 unspecified atom stereocenters. The molecule has 0 spiro atoms. The predicted molar refractivity (Wildman–Crippen MR) is 98.4 cm³/mol. The van der Waals surface area contributed by atoms with Gasteiger partial charge >= 0.3 is 5.97 Å². The van der Waals surface area contributed by atoms with Gasteiger partial charge in [-0.25, -0.2) is 4.79 Å². The van der Waals surface area contributed by atoms with Crippen LogP contribution in [0.3, 0.4) is 0 Å². The lowest BCUT2D eigenvalue weighted by Gasteiger charge is -2.39. The normalized spacial score (nSPS) is 28.6. The zero-order valence-electron chi connectivity index (χ0n) is 16.8. The van der Waals surface area contributed by atoms with Gasteiger partial charge in [0, 0.05) is 32.2 Å². The van der Waals surface area contributed by atoms with Crippen LogP contribution in [-0.4, -0.2) is 99.6 Å². The van der Waals surface area contributed by atoms with Crippen molar-refractivity contribution >= 4 is 23.7 Å². The monoisotopic (exact) mass is 448 g/mol. The molecule has 13 heteroatoms. The fourth-order valence-corrected chi connectivity index (χ4v) is 3.02. The zero-order valence-corrected chi connectivity index (χ0v) is 16.8. The van der Waals surface area contributed by atoms with Crippen molar-refractivity contribution in [1.82, 2.24) is 10.4 Å². The molecule has 0 aromatic carbocycles. The van der Waals surface area contributed by atoms with Gasteiger partial charge < -0.3 is 40.1 Å². The number of imide groups is 1. The van der Waals surface area contributed by atoms with Gasteiger partial charge in [0.15, 0.2) is 6.29 Å². The summed E-state index contributed by atoms with van der Waals surface area (Å²) in [4.78, 5) is 50.9. The summed E-state index contributed by atoms with van der Waals surface area (Å²) in [7, 11) is 0. The van der Waals surface area contributed by atoms with Gasteiger partial charge in [-0.3, -0.25) is 14.4 Å². The minimum atomic E-state index is -1.54. The average Bonchev–Trinajstić information content (AvgIpc) is 3.06. The fourth-order valence-electron chi connectivity index (χ4n) is 3.02. The van der Waals surface area contributed by atoms with Crippen LogP contribution in [0.5, 0.6) is 0 Å². The van der Waals surface area contributed by atoms with E-state index in [0.717, 1.165) is 0 Å². The van der Waals surface area contributed by atoms with E-state index in [9.17, 15) is 34.5 Å². The van der Waals surface area contributed by atoms with Gasteiger partial charge in [0.1, 0.15) is 24.4 Å². The second-order valence-corrected chi connectivity index (χ2v) is 7.17. The second-order valence-electron chi connectivity index (χ2n) is 7.17. The molecule has 3 amide bonds. The number of aliphatic hydroxyl groups is 4. The lowest BCUT2D eigenvalue weighted by Crippen LogP contribution is -2.59. The highest BCUT2D eigenvalue weighted by molar-refractivity contribution is 6.01. The molecule has 176 valence electrons. The van der Waals surface area contributed by atoms with Crippen LogP contribution in [-0.2, 0) is 33.5 Å². The zero-order chi connectivity index (χ0) is 23.0. The van der Waals surface area contributed by atoms with Gasteiger partial charge in [-0.1, -0.05) is 0 Å². The second kappa shape index (κ2) is 12.0. The van der Waals surface area contributed by atoms with Crippen LogP contribution in [0, 0.1) is 0 Å². The van der Waals surface area contributed by atoms with Crippen molar-refractivity contribution in [1.29, 1.82) is 0 Å². The first-order chi connectivity index (χ1) is 14.7. The van der Waals surface area contributed by atoms with E-state index in [4.69, 9.17) is 19.4 Å². The largest absolute Gasteiger partial charge is 0.394 e. The molecule has 2 heterocycles. The molecule has 2 saturated heterocycles.